The molecule has 0 aliphatic heterocycles. The fourth-order valence-corrected chi connectivity index (χ4v) is 3.04. The Morgan fingerprint density at radius 1 is 1.00 bits per heavy atom. The molecule has 3 heteroatoms. The number of rotatable bonds is 0. The average Bonchev–Trinajstić information content (AvgIpc) is 2.80. The van der Waals surface area contributed by atoms with Crippen LogP contribution < -0.4 is 10.4 Å². The van der Waals surface area contributed by atoms with Gasteiger partial charge in [-0.1, -0.05) is 12.1 Å². The molecule has 2 aliphatic rings. The predicted molar refractivity (Wildman–Crippen MR) is 78.8 cm³/mol. The van der Waals surface area contributed by atoms with E-state index < -0.39 is 0 Å². The molecule has 3 N–H and O–H groups in total. The minimum atomic E-state index is 0.168. The van der Waals surface area contributed by atoms with Gasteiger partial charge in [-0.3, -0.25) is 0 Å². The van der Waals surface area contributed by atoms with E-state index in [-0.39, 0.29) is 17.3 Å². The zero-order valence-electron chi connectivity index (χ0n) is 10.6. The van der Waals surface area contributed by atoms with Crippen LogP contribution in [0.1, 0.15) is 11.1 Å². The summed E-state index contributed by atoms with van der Waals surface area (Å²) in [6.07, 6.45) is 7.50. The minimum Gasteiger partial charge on any atom is -0.508 e. The van der Waals surface area contributed by atoms with Gasteiger partial charge in [-0.15, -0.1) is 0 Å². The summed E-state index contributed by atoms with van der Waals surface area (Å²) < 4.78 is 0. The van der Waals surface area contributed by atoms with Gasteiger partial charge in [0.25, 0.3) is 0 Å². The highest BCUT2D eigenvalue weighted by Gasteiger charge is 2.16. The van der Waals surface area contributed by atoms with Crippen LogP contribution in [0, 0.1) is 0 Å². The van der Waals surface area contributed by atoms with Gasteiger partial charge in [0.15, 0.2) is 0 Å². The summed E-state index contributed by atoms with van der Waals surface area (Å²) in [6, 6.07) is 5.45. The first kappa shape index (κ1) is 11.2. The molecule has 2 aromatic carbocycles. The van der Waals surface area contributed by atoms with Crippen molar-refractivity contribution < 1.29 is 15.3 Å². The molecule has 3 nitrogen and oxygen atoms in total. The van der Waals surface area contributed by atoms with Gasteiger partial charge < -0.3 is 15.3 Å². The van der Waals surface area contributed by atoms with E-state index in [0.29, 0.717) is 6.42 Å². The summed E-state index contributed by atoms with van der Waals surface area (Å²) in [5, 5.41) is 33.0. The molecule has 0 saturated carbocycles. The Hall–Kier alpha value is -2.68. The quantitative estimate of drug-likeness (QED) is 0.682. The lowest BCUT2D eigenvalue weighted by Gasteiger charge is -2.13. The third-order valence-electron chi connectivity index (χ3n) is 3.97. The van der Waals surface area contributed by atoms with Crippen LogP contribution in [0.4, 0.5) is 0 Å². The summed E-state index contributed by atoms with van der Waals surface area (Å²) in [7, 11) is 0. The van der Waals surface area contributed by atoms with E-state index >= 15 is 0 Å². The van der Waals surface area contributed by atoms with Crippen molar-refractivity contribution in [1.82, 2.24) is 0 Å². The molecule has 20 heavy (non-hydrogen) atoms. The lowest BCUT2D eigenvalue weighted by atomic mass is 9.93. The third kappa shape index (κ3) is 1.35. The zero-order valence-corrected chi connectivity index (χ0v) is 10.6. The fraction of sp³-hybridized carbons (Fsp3) is 0.0588. The maximum Gasteiger partial charge on any atom is 0.124 e. The lowest BCUT2D eigenvalue weighted by molar-refractivity contribution is 0.438. The van der Waals surface area contributed by atoms with Crippen molar-refractivity contribution in [3.63, 3.8) is 0 Å². The SMILES string of the molecule is OC1=CCc2c(cc(O)c3c4c(ccc23)=C(O)C=C4)=C1. The number of allylic oxidation sites excluding steroid dienone is 2. The molecule has 0 fully saturated rings. The second kappa shape index (κ2) is 3.67. The van der Waals surface area contributed by atoms with E-state index in [1.807, 2.05) is 18.2 Å². The summed E-state index contributed by atoms with van der Waals surface area (Å²) >= 11 is 0. The Bertz CT molecular complexity index is 947. The molecule has 0 bridgehead atoms. The van der Waals surface area contributed by atoms with Gasteiger partial charge in [0.05, 0.1) is 0 Å². The van der Waals surface area contributed by atoms with Crippen molar-refractivity contribution in [3.05, 3.63) is 57.7 Å². The molecule has 2 aromatic rings. The van der Waals surface area contributed by atoms with E-state index in [1.165, 1.54) is 0 Å². The second-order valence-electron chi connectivity index (χ2n) is 5.11. The summed E-state index contributed by atoms with van der Waals surface area (Å²) in [5.74, 6) is 0.618. The largest absolute Gasteiger partial charge is 0.508 e. The van der Waals surface area contributed by atoms with Crippen LogP contribution in [0.3, 0.4) is 0 Å². The average molecular weight is 264 g/mol. The van der Waals surface area contributed by atoms with Gasteiger partial charge in [-0.25, -0.2) is 0 Å². The van der Waals surface area contributed by atoms with Gasteiger partial charge in [0, 0.05) is 10.6 Å². The van der Waals surface area contributed by atoms with Crippen molar-refractivity contribution in [2.24, 2.45) is 0 Å². The van der Waals surface area contributed by atoms with Gasteiger partial charge >= 0.3 is 0 Å². The number of aliphatic hydroxyl groups excluding tert-OH is 2. The highest BCUT2D eigenvalue weighted by molar-refractivity contribution is 6.00. The Morgan fingerprint density at radius 3 is 2.70 bits per heavy atom. The Balaban J connectivity index is 2.22. The number of fused-ring (bicyclic) bond motifs is 5. The molecule has 0 saturated heterocycles. The molecule has 0 aromatic heterocycles. The number of hydrogen-bond acceptors (Lipinski definition) is 3. The predicted octanol–water partition coefficient (Wildman–Crippen LogP) is 2.02. The van der Waals surface area contributed by atoms with Crippen molar-refractivity contribution in [2.45, 2.75) is 6.42 Å². The van der Waals surface area contributed by atoms with Crippen molar-refractivity contribution in [1.29, 1.82) is 0 Å². The maximum atomic E-state index is 10.3. The molecule has 98 valence electrons. The zero-order chi connectivity index (χ0) is 13.9. The molecule has 0 heterocycles. The Labute approximate surface area is 114 Å². The van der Waals surface area contributed by atoms with Crippen molar-refractivity contribution in [2.75, 3.05) is 0 Å². The molecule has 0 atom stereocenters. The number of phenolic OH excluding ortho intramolecular Hbond substituents is 1. The van der Waals surface area contributed by atoms with Crippen molar-refractivity contribution in [3.8, 4) is 5.75 Å². The van der Waals surface area contributed by atoms with Gasteiger partial charge in [-0.2, -0.15) is 0 Å². The van der Waals surface area contributed by atoms with Crippen LogP contribution in [0.25, 0.3) is 28.7 Å². The molecule has 0 radical (unpaired) electrons. The normalized spacial score (nSPS) is 15.8. The summed E-state index contributed by atoms with van der Waals surface area (Å²) in [4.78, 5) is 0. The van der Waals surface area contributed by atoms with Crippen LogP contribution in [-0.2, 0) is 6.42 Å². The molecular weight excluding hydrogens is 252 g/mol. The van der Waals surface area contributed by atoms with Crippen LogP contribution in [0.5, 0.6) is 5.75 Å². The summed E-state index contributed by atoms with van der Waals surface area (Å²) in [5.41, 5.74) is 1.93. The van der Waals surface area contributed by atoms with E-state index in [1.54, 1.807) is 24.3 Å². The molecule has 0 spiro atoms. The number of benzene rings is 2. The second-order valence-corrected chi connectivity index (χ2v) is 5.11. The van der Waals surface area contributed by atoms with Crippen LogP contribution in [0.15, 0.2) is 36.1 Å². The number of hydrogen-bond donors (Lipinski definition) is 3. The Kier molecular flexibility index (Phi) is 2.05. The smallest absolute Gasteiger partial charge is 0.124 e. The van der Waals surface area contributed by atoms with Crippen molar-refractivity contribution >= 4 is 28.7 Å². The highest BCUT2D eigenvalue weighted by atomic mass is 16.3. The number of phenols is 1. The number of aromatic hydroxyl groups is 1. The lowest BCUT2D eigenvalue weighted by Crippen LogP contribution is -2.15. The minimum absolute atomic E-state index is 0.168. The van der Waals surface area contributed by atoms with Gasteiger partial charge in [0.1, 0.15) is 17.3 Å². The van der Waals surface area contributed by atoms with Gasteiger partial charge in [0.2, 0.25) is 0 Å². The first-order valence-corrected chi connectivity index (χ1v) is 6.45. The fourth-order valence-electron chi connectivity index (χ4n) is 3.04. The molecule has 0 amide bonds. The molecule has 4 rings (SSSR count). The molecular formula is C17H12O3. The topological polar surface area (TPSA) is 60.7 Å². The standard InChI is InChI=1S/C17H12O3/c18-10-1-2-11-9(7-10)8-16(20)17-13(11)4-3-12-14(17)5-6-15(12)19/h1,3-8,18-20H,2H2. The maximum absolute atomic E-state index is 10.3. The van der Waals surface area contributed by atoms with Gasteiger partial charge in [-0.05, 0) is 58.5 Å². The molecule has 2 aliphatic carbocycles. The van der Waals surface area contributed by atoms with Crippen LogP contribution >= 0.6 is 0 Å². The van der Waals surface area contributed by atoms with Crippen LogP contribution in [0.2, 0.25) is 0 Å². The van der Waals surface area contributed by atoms with E-state index in [4.69, 9.17) is 0 Å². The Morgan fingerprint density at radius 2 is 1.85 bits per heavy atom. The molecule has 0 unspecified atom stereocenters. The van der Waals surface area contributed by atoms with E-state index in [9.17, 15) is 15.3 Å². The first-order chi connectivity index (χ1) is 9.65. The monoisotopic (exact) mass is 264 g/mol. The highest BCUT2D eigenvalue weighted by Crippen LogP contribution is 2.30. The van der Waals surface area contributed by atoms with E-state index in [0.717, 1.165) is 32.3 Å². The van der Waals surface area contributed by atoms with E-state index in [2.05, 4.69) is 0 Å². The third-order valence-corrected chi connectivity index (χ3v) is 3.97. The number of aliphatic hydroxyl groups is 2. The first-order valence-electron chi connectivity index (χ1n) is 6.45. The van der Waals surface area contributed by atoms with Crippen LogP contribution in [-0.4, -0.2) is 15.3 Å². The summed E-state index contributed by atoms with van der Waals surface area (Å²) in [6.45, 7) is 0.